The van der Waals surface area contributed by atoms with E-state index in [4.69, 9.17) is 0 Å². The van der Waals surface area contributed by atoms with Gasteiger partial charge in [0.1, 0.15) is 0 Å². The number of fused-ring (bicyclic) bond motifs is 1. The molecule has 2 atom stereocenters. The molecular weight excluding hydrogens is 256 g/mol. The Morgan fingerprint density at radius 3 is 2.95 bits per heavy atom. The van der Waals surface area contributed by atoms with Crippen LogP contribution in [0.4, 0.5) is 0 Å². The third-order valence-corrected chi connectivity index (χ3v) is 4.70. The van der Waals surface area contributed by atoms with Gasteiger partial charge in [-0.1, -0.05) is 19.1 Å². The summed E-state index contributed by atoms with van der Waals surface area (Å²) in [6, 6.07) is 8.44. The molecule has 4 heteroatoms. The number of rotatable bonds is 6. The molecule has 0 radical (unpaired) electrons. The molecule has 0 aliphatic carbocycles. The van der Waals surface area contributed by atoms with Crippen molar-refractivity contribution in [3.05, 3.63) is 42.2 Å². The molecule has 1 N–H and O–H groups in total. The second-order valence-corrected chi connectivity index (χ2v) is 6.63. The fraction of sp³-hybridized carbons (Fsp3) is 0.400. The number of pyridine rings is 1. The third-order valence-electron chi connectivity index (χ3n) is 3.33. The zero-order valence-electron chi connectivity index (χ0n) is 11.4. The van der Waals surface area contributed by atoms with Gasteiger partial charge < -0.3 is 5.32 Å². The van der Waals surface area contributed by atoms with Gasteiger partial charge in [0.2, 0.25) is 0 Å². The standard InChI is InChI=1S/C15H20N2OS/c1-12(19(2)18)5-7-16-10-13-3-4-15-11-17-8-6-14(15)9-13/h3-4,6,8-9,11-12,16H,5,7,10H2,1-2H3. The molecule has 0 saturated carbocycles. The molecule has 2 aromatic rings. The van der Waals surface area contributed by atoms with E-state index in [1.165, 1.54) is 16.3 Å². The number of hydrogen-bond donors (Lipinski definition) is 1. The average Bonchev–Trinajstić information content (AvgIpc) is 2.43. The normalized spacial score (nSPS) is 14.4. The second-order valence-electron chi connectivity index (χ2n) is 4.83. The summed E-state index contributed by atoms with van der Waals surface area (Å²) >= 11 is 0. The molecular formula is C15H20N2OS. The van der Waals surface area contributed by atoms with Crippen molar-refractivity contribution in [1.82, 2.24) is 10.3 Å². The van der Waals surface area contributed by atoms with Gasteiger partial charge in [0, 0.05) is 46.6 Å². The molecule has 0 aliphatic rings. The number of hydrogen-bond acceptors (Lipinski definition) is 3. The summed E-state index contributed by atoms with van der Waals surface area (Å²) < 4.78 is 11.2. The van der Waals surface area contributed by atoms with Gasteiger partial charge in [-0.2, -0.15) is 0 Å². The molecule has 0 aliphatic heterocycles. The van der Waals surface area contributed by atoms with Crippen LogP contribution < -0.4 is 5.32 Å². The average molecular weight is 276 g/mol. The first-order valence-corrected chi connectivity index (χ1v) is 8.14. The lowest BCUT2D eigenvalue weighted by atomic mass is 10.1. The Balaban J connectivity index is 1.86. The van der Waals surface area contributed by atoms with Crippen LogP contribution in [0.1, 0.15) is 18.9 Å². The van der Waals surface area contributed by atoms with Gasteiger partial charge in [-0.25, -0.2) is 0 Å². The van der Waals surface area contributed by atoms with Crippen molar-refractivity contribution in [2.24, 2.45) is 0 Å². The molecule has 3 nitrogen and oxygen atoms in total. The van der Waals surface area contributed by atoms with Crippen molar-refractivity contribution in [2.75, 3.05) is 12.8 Å². The van der Waals surface area contributed by atoms with Crippen LogP contribution in [0.25, 0.3) is 10.8 Å². The van der Waals surface area contributed by atoms with Crippen LogP contribution in [-0.4, -0.2) is 27.2 Å². The molecule has 1 aromatic carbocycles. The van der Waals surface area contributed by atoms with E-state index in [1.54, 1.807) is 6.26 Å². The molecule has 2 rings (SSSR count). The quantitative estimate of drug-likeness (QED) is 0.824. The third kappa shape index (κ3) is 4.11. The van der Waals surface area contributed by atoms with E-state index in [9.17, 15) is 4.21 Å². The van der Waals surface area contributed by atoms with Gasteiger partial charge in [-0.3, -0.25) is 9.19 Å². The topological polar surface area (TPSA) is 42.0 Å². The first kappa shape index (κ1) is 14.2. The predicted octanol–water partition coefficient (Wildman–Crippen LogP) is 2.48. The van der Waals surface area contributed by atoms with E-state index in [-0.39, 0.29) is 5.25 Å². The molecule has 0 spiro atoms. The van der Waals surface area contributed by atoms with Crippen molar-refractivity contribution < 1.29 is 4.21 Å². The summed E-state index contributed by atoms with van der Waals surface area (Å²) in [5, 5.41) is 6.05. The Morgan fingerprint density at radius 1 is 1.32 bits per heavy atom. The van der Waals surface area contributed by atoms with E-state index >= 15 is 0 Å². The summed E-state index contributed by atoms with van der Waals surface area (Å²) in [7, 11) is -0.724. The van der Waals surface area contributed by atoms with Crippen LogP contribution in [0.3, 0.4) is 0 Å². The maximum absolute atomic E-state index is 11.2. The van der Waals surface area contributed by atoms with Crippen molar-refractivity contribution in [3.63, 3.8) is 0 Å². The molecule has 19 heavy (non-hydrogen) atoms. The Morgan fingerprint density at radius 2 is 2.16 bits per heavy atom. The highest BCUT2D eigenvalue weighted by Crippen LogP contribution is 2.14. The minimum atomic E-state index is -0.724. The van der Waals surface area contributed by atoms with Crippen molar-refractivity contribution in [1.29, 1.82) is 0 Å². The van der Waals surface area contributed by atoms with Crippen LogP contribution in [0.5, 0.6) is 0 Å². The maximum atomic E-state index is 11.2. The van der Waals surface area contributed by atoms with E-state index in [2.05, 4.69) is 28.5 Å². The molecule has 0 bridgehead atoms. The van der Waals surface area contributed by atoms with Crippen LogP contribution in [0, 0.1) is 0 Å². The number of nitrogens with one attached hydrogen (secondary N) is 1. The molecule has 0 amide bonds. The van der Waals surface area contributed by atoms with Gasteiger partial charge in [0.05, 0.1) is 0 Å². The summed E-state index contributed by atoms with van der Waals surface area (Å²) in [6.07, 6.45) is 6.41. The fourth-order valence-electron chi connectivity index (χ4n) is 1.95. The first-order valence-electron chi connectivity index (χ1n) is 6.52. The van der Waals surface area contributed by atoms with E-state index in [0.29, 0.717) is 0 Å². The van der Waals surface area contributed by atoms with Crippen LogP contribution >= 0.6 is 0 Å². The van der Waals surface area contributed by atoms with E-state index in [1.807, 2.05) is 25.4 Å². The van der Waals surface area contributed by atoms with Crippen molar-refractivity contribution >= 4 is 21.6 Å². The van der Waals surface area contributed by atoms with Gasteiger partial charge in [0.15, 0.2) is 0 Å². The van der Waals surface area contributed by atoms with Crippen molar-refractivity contribution in [2.45, 2.75) is 25.1 Å². The van der Waals surface area contributed by atoms with E-state index in [0.717, 1.165) is 19.5 Å². The monoisotopic (exact) mass is 276 g/mol. The summed E-state index contributed by atoms with van der Waals surface area (Å²) in [4.78, 5) is 4.11. The van der Waals surface area contributed by atoms with E-state index < -0.39 is 10.8 Å². The van der Waals surface area contributed by atoms with Gasteiger partial charge in [-0.05, 0) is 36.0 Å². The lowest BCUT2D eigenvalue weighted by Crippen LogP contribution is -2.20. The molecule has 2 unspecified atom stereocenters. The Labute approximate surface area is 116 Å². The number of nitrogens with zero attached hydrogens (tertiary/aromatic N) is 1. The van der Waals surface area contributed by atoms with Crippen LogP contribution in [0.15, 0.2) is 36.7 Å². The Bertz CT molecular complexity index is 571. The summed E-state index contributed by atoms with van der Waals surface area (Å²) in [6.45, 7) is 3.78. The van der Waals surface area contributed by atoms with Gasteiger partial charge >= 0.3 is 0 Å². The first-order chi connectivity index (χ1) is 9.16. The van der Waals surface area contributed by atoms with Crippen LogP contribution in [0.2, 0.25) is 0 Å². The largest absolute Gasteiger partial charge is 0.313 e. The smallest absolute Gasteiger partial charge is 0.0346 e. The summed E-state index contributed by atoms with van der Waals surface area (Å²) in [5.74, 6) is 0. The van der Waals surface area contributed by atoms with Gasteiger partial charge in [0.25, 0.3) is 0 Å². The van der Waals surface area contributed by atoms with Crippen molar-refractivity contribution in [3.8, 4) is 0 Å². The highest BCUT2D eigenvalue weighted by atomic mass is 32.2. The molecule has 0 fully saturated rings. The molecule has 0 saturated heterocycles. The lowest BCUT2D eigenvalue weighted by Gasteiger charge is -2.09. The predicted molar refractivity (Wildman–Crippen MR) is 81.6 cm³/mol. The SMILES string of the molecule is CC(CCNCc1ccc2cnccc2c1)S(C)=O. The highest BCUT2D eigenvalue weighted by molar-refractivity contribution is 7.84. The molecule has 1 aromatic heterocycles. The second kappa shape index (κ2) is 6.78. The summed E-state index contributed by atoms with van der Waals surface area (Å²) in [5.41, 5.74) is 1.27. The minimum absolute atomic E-state index is 0.259. The molecule has 102 valence electrons. The van der Waals surface area contributed by atoms with Crippen LogP contribution in [-0.2, 0) is 17.3 Å². The molecule has 1 heterocycles. The highest BCUT2D eigenvalue weighted by Gasteiger charge is 2.04. The number of benzene rings is 1. The minimum Gasteiger partial charge on any atom is -0.313 e. The lowest BCUT2D eigenvalue weighted by molar-refractivity contribution is 0.629. The Hall–Kier alpha value is -1.26. The zero-order chi connectivity index (χ0) is 13.7. The Kier molecular flexibility index (Phi) is 5.05. The zero-order valence-corrected chi connectivity index (χ0v) is 12.2. The number of aromatic nitrogens is 1. The maximum Gasteiger partial charge on any atom is 0.0346 e. The fourth-order valence-corrected chi connectivity index (χ4v) is 2.40. The van der Waals surface area contributed by atoms with Gasteiger partial charge in [-0.15, -0.1) is 0 Å².